The minimum absolute atomic E-state index is 0.130. The highest BCUT2D eigenvalue weighted by Crippen LogP contribution is 2.36. The van der Waals surface area contributed by atoms with E-state index in [-0.39, 0.29) is 27.1 Å². The Balaban J connectivity index is 1.71. The number of hydrogen-bond acceptors (Lipinski definition) is 5. The summed E-state index contributed by atoms with van der Waals surface area (Å²) in [5.74, 6) is 0.679. The van der Waals surface area contributed by atoms with Gasteiger partial charge in [0.05, 0.1) is 11.2 Å². The molecule has 29 heavy (non-hydrogen) atoms. The van der Waals surface area contributed by atoms with E-state index >= 15 is 0 Å². The Labute approximate surface area is 178 Å². The van der Waals surface area contributed by atoms with Crippen LogP contribution in [-0.2, 0) is 31.3 Å². The number of rotatable bonds is 5. The van der Waals surface area contributed by atoms with Crippen molar-refractivity contribution in [1.82, 2.24) is 9.97 Å². The van der Waals surface area contributed by atoms with Gasteiger partial charge in [-0.1, -0.05) is 24.3 Å². The Morgan fingerprint density at radius 1 is 1.03 bits per heavy atom. The first kappa shape index (κ1) is 22.3. The van der Waals surface area contributed by atoms with E-state index in [2.05, 4.69) is 64.7 Å². The molecule has 0 aliphatic carbocycles. The molecule has 0 radical (unpaired) electrons. The van der Waals surface area contributed by atoms with Crippen LogP contribution in [0.3, 0.4) is 0 Å². The third-order valence-corrected chi connectivity index (χ3v) is 7.84. The van der Waals surface area contributed by atoms with Gasteiger partial charge in [0, 0.05) is 23.5 Å². The van der Waals surface area contributed by atoms with Crippen molar-refractivity contribution in [3.8, 4) is 11.4 Å². The topological polar surface area (TPSA) is 53.5 Å². The Hall–Kier alpha value is -1.41. The first-order valence-electron chi connectivity index (χ1n) is 9.95. The fourth-order valence-corrected chi connectivity index (χ4v) is 3.38. The monoisotopic (exact) mass is 415 g/mol. The smallest absolute Gasteiger partial charge is 0.399 e. The largest absolute Gasteiger partial charge is 0.494 e. The molecule has 1 aliphatic rings. The second-order valence-electron chi connectivity index (χ2n) is 9.46. The van der Waals surface area contributed by atoms with Crippen molar-refractivity contribution in [2.75, 3.05) is 6.26 Å². The summed E-state index contributed by atoms with van der Waals surface area (Å²) in [5, 5.41) is 0. The van der Waals surface area contributed by atoms with E-state index < -0.39 is 7.12 Å². The van der Waals surface area contributed by atoms with Crippen LogP contribution in [-0.4, -0.2) is 39.3 Å². The number of hydrogen-bond donors (Lipinski definition) is 0. The predicted octanol–water partition coefficient (Wildman–Crippen LogP) is 3.92. The van der Waals surface area contributed by atoms with Gasteiger partial charge in [-0.05, 0) is 53.9 Å². The minimum atomic E-state index is -0.396. The van der Waals surface area contributed by atoms with E-state index in [1.165, 1.54) is 0 Å². The van der Waals surface area contributed by atoms with Crippen LogP contribution in [0.15, 0.2) is 36.7 Å². The van der Waals surface area contributed by atoms with E-state index in [0.29, 0.717) is 12.4 Å². The van der Waals surface area contributed by atoms with Crippen LogP contribution >= 0.6 is 0 Å². The first-order chi connectivity index (χ1) is 13.4. The minimum Gasteiger partial charge on any atom is -0.399 e. The average Bonchev–Trinajstić information content (AvgIpc) is 2.87. The predicted molar refractivity (Wildman–Crippen MR) is 121 cm³/mol. The molecule has 5 nitrogen and oxygen atoms in total. The Morgan fingerprint density at radius 3 is 2.17 bits per heavy atom. The van der Waals surface area contributed by atoms with Gasteiger partial charge in [-0.2, -0.15) is 4.18 Å². The van der Waals surface area contributed by atoms with Crippen molar-refractivity contribution >= 4 is 23.8 Å². The van der Waals surface area contributed by atoms with Gasteiger partial charge in [-0.3, -0.25) is 0 Å². The summed E-state index contributed by atoms with van der Waals surface area (Å²) >= 11 is -0.130. The first-order valence-corrected chi connectivity index (χ1v) is 11.5. The molecule has 7 heteroatoms. The van der Waals surface area contributed by atoms with Crippen molar-refractivity contribution in [2.45, 2.75) is 71.0 Å². The lowest BCUT2D eigenvalue weighted by Gasteiger charge is -2.32. The fraction of sp³-hybridized carbons (Fsp3) is 0.545. The van der Waals surface area contributed by atoms with Crippen LogP contribution in [0.2, 0.25) is 0 Å². The van der Waals surface area contributed by atoms with Crippen molar-refractivity contribution in [3.05, 3.63) is 42.2 Å². The Bertz CT molecular complexity index is 834. The van der Waals surface area contributed by atoms with Crippen LogP contribution in [0, 0.1) is 0 Å². The third kappa shape index (κ3) is 5.02. The molecule has 0 saturated carbocycles. The van der Waals surface area contributed by atoms with Crippen LogP contribution in [0.5, 0.6) is 0 Å². The molecule has 1 aliphatic heterocycles. The summed E-state index contributed by atoms with van der Waals surface area (Å²) in [4.78, 5) is 9.09. The zero-order chi connectivity index (χ0) is 21.4. The lowest BCUT2D eigenvalue weighted by Crippen LogP contribution is -2.41. The van der Waals surface area contributed by atoms with Crippen LogP contribution in [0.4, 0.5) is 0 Å². The van der Waals surface area contributed by atoms with E-state index in [9.17, 15) is 0 Å². The van der Waals surface area contributed by atoms with Gasteiger partial charge < -0.3 is 9.31 Å². The summed E-state index contributed by atoms with van der Waals surface area (Å²) in [7, 11) is -0.396. The summed E-state index contributed by atoms with van der Waals surface area (Å²) < 4.78 is 18.4. The van der Waals surface area contributed by atoms with Gasteiger partial charge in [0.1, 0.15) is 24.0 Å². The molecular weight excluding hydrogens is 383 g/mol. The van der Waals surface area contributed by atoms with Crippen LogP contribution in [0.25, 0.3) is 11.4 Å². The number of aromatic nitrogens is 2. The average molecular weight is 415 g/mol. The molecule has 1 fully saturated rings. The second-order valence-corrected chi connectivity index (χ2v) is 11.8. The molecule has 0 amide bonds. The van der Waals surface area contributed by atoms with Crippen LogP contribution < -0.4 is 5.46 Å². The van der Waals surface area contributed by atoms with E-state index in [1.807, 2.05) is 36.7 Å². The summed E-state index contributed by atoms with van der Waals surface area (Å²) in [6, 6.07) is 8.05. The third-order valence-electron chi connectivity index (χ3n) is 5.64. The normalized spacial score (nSPS) is 19.4. The lowest BCUT2D eigenvalue weighted by molar-refractivity contribution is 0.00578. The maximum atomic E-state index is 6.16. The number of benzene rings is 1. The molecule has 0 N–H and O–H groups in total. The zero-order valence-electron chi connectivity index (χ0n) is 18.8. The Kier molecular flexibility index (Phi) is 6.17. The van der Waals surface area contributed by atoms with Gasteiger partial charge in [0.15, 0.2) is 10.6 Å². The summed E-state index contributed by atoms with van der Waals surface area (Å²) in [6.07, 6.45) is 5.80. The van der Waals surface area contributed by atoms with E-state index in [0.717, 1.165) is 16.6 Å². The van der Waals surface area contributed by atoms with Gasteiger partial charge >= 0.3 is 7.12 Å². The molecule has 1 aromatic heterocycles. The van der Waals surface area contributed by atoms with Crippen molar-refractivity contribution in [1.29, 1.82) is 0 Å². The summed E-state index contributed by atoms with van der Waals surface area (Å²) in [6.45, 7) is 15.3. The molecular formula is C22H32BN2O3S+. The molecule has 3 rings (SSSR count). The molecule has 156 valence electrons. The standard InChI is InChI=1S/C22H32BN2O3S/c1-20(2,3)29(8)26-15-16-13-24-19(25-14-16)17-10-9-11-18(12-17)23-27-21(4,5)22(6,7)28-23/h9-14H,15H2,1-8H3/q+1. The molecule has 0 bridgehead atoms. The molecule has 2 aromatic rings. The maximum absolute atomic E-state index is 6.16. The van der Waals surface area contributed by atoms with Gasteiger partial charge in [0.25, 0.3) is 0 Å². The molecule has 1 atom stereocenters. The van der Waals surface area contributed by atoms with E-state index in [4.69, 9.17) is 13.5 Å². The second kappa shape index (κ2) is 8.02. The fourth-order valence-electron chi connectivity index (χ4n) is 2.72. The molecule has 1 unspecified atom stereocenters. The van der Waals surface area contributed by atoms with Crippen molar-refractivity contribution in [3.63, 3.8) is 0 Å². The highest BCUT2D eigenvalue weighted by Gasteiger charge is 2.51. The SMILES string of the molecule is C[S+](OCc1cnc(-c2cccc(B3OC(C)(C)C(C)(C)O3)c2)nc1)C(C)(C)C. The van der Waals surface area contributed by atoms with Gasteiger partial charge in [-0.25, -0.2) is 9.97 Å². The molecule has 1 aromatic carbocycles. The maximum Gasteiger partial charge on any atom is 0.494 e. The molecule has 2 heterocycles. The number of nitrogens with zero attached hydrogens (tertiary/aromatic N) is 2. The Morgan fingerprint density at radius 2 is 1.62 bits per heavy atom. The van der Waals surface area contributed by atoms with E-state index in [1.54, 1.807) is 0 Å². The highest BCUT2D eigenvalue weighted by molar-refractivity contribution is 7.92. The van der Waals surface area contributed by atoms with Crippen LogP contribution in [0.1, 0.15) is 54.0 Å². The van der Waals surface area contributed by atoms with Crippen molar-refractivity contribution < 1.29 is 13.5 Å². The van der Waals surface area contributed by atoms with Crippen molar-refractivity contribution in [2.24, 2.45) is 0 Å². The molecule has 0 spiro atoms. The summed E-state index contributed by atoms with van der Waals surface area (Å²) in [5.41, 5.74) is 2.15. The zero-order valence-corrected chi connectivity index (χ0v) is 19.6. The lowest BCUT2D eigenvalue weighted by atomic mass is 9.78. The molecule has 1 saturated heterocycles. The quantitative estimate of drug-likeness (QED) is 0.547. The highest BCUT2D eigenvalue weighted by atomic mass is 32.2. The van der Waals surface area contributed by atoms with Gasteiger partial charge in [-0.15, -0.1) is 0 Å². The van der Waals surface area contributed by atoms with Gasteiger partial charge in [0.2, 0.25) is 0 Å².